The standard InChI is InChI=1S/C28H35N3O2.BrH/c1-2-3-6-15-27(31-28(32)30-25-13-9-5-10-14-25)29-21-20-23-16-18-26(19-17-23)33-22-24-11-7-4-8-12-24;/h4-5,7-14,16-19,27,29H,2-3,6,15,20-22H2,1H3,(H2,30,31,32);1H. The Morgan fingerprint density at radius 2 is 1.53 bits per heavy atom. The lowest BCUT2D eigenvalue weighted by Gasteiger charge is -2.21. The Kier molecular flexibility index (Phi) is 12.8. The highest BCUT2D eigenvalue weighted by molar-refractivity contribution is 8.93. The van der Waals surface area contributed by atoms with Crippen LogP contribution in [0.25, 0.3) is 0 Å². The van der Waals surface area contributed by atoms with E-state index in [1.165, 1.54) is 5.56 Å². The minimum atomic E-state index is -0.185. The first-order valence-corrected chi connectivity index (χ1v) is 11.8. The largest absolute Gasteiger partial charge is 0.489 e. The number of nitrogens with one attached hydrogen (secondary N) is 3. The van der Waals surface area contributed by atoms with Gasteiger partial charge in [0, 0.05) is 12.2 Å². The molecule has 0 heterocycles. The summed E-state index contributed by atoms with van der Waals surface area (Å²) in [6.45, 7) is 3.54. The Bertz CT molecular complexity index is 937. The Labute approximate surface area is 214 Å². The summed E-state index contributed by atoms with van der Waals surface area (Å²) in [6, 6.07) is 27.7. The summed E-state index contributed by atoms with van der Waals surface area (Å²) in [6.07, 6.45) is 5.11. The maximum atomic E-state index is 12.4. The molecule has 3 N–H and O–H groups in total. The summed E-state index contributed by atoms with van der Waals surface area (Å²) >= 11 is 0. The maximum Gasteiger partial charge on any atom is 0.320 e. The first kappa shape index (κ1) is 27.4. The maximum absolute atomic E-state index is 12.4. The summed E-state index contributed by atoms with van der Waals surface area (Å²) in [4.78, 5) is 12.4. The van der Waals surface area contributed by atoms with Crippen LogP contribution in [0, 0.1) is 0 Å². The lowest BCUT2D eigenvalue weighted by molar-refractivity contribution is 0.244. The van der Waals surface area contributed by atoms with Gasteiger partial charge in [0.1, 0.15) is 12.4 Å². The highest BCUT2D eigenvalue weighted by atomic mass is 79.9. The van der Waals surface area contributed by atoms with Crippen LogP contribution in [0.4, 0.5) is 10.5 Å². The molecule has 0 bridgehead atoms. The van der Waals surface area contributed by atoms with Crippen molar-refractivity contribution in [3.05, 3.63) is 96.1 Å². The van der Waals surface area contributed by atoms with Gasteiger partial charge in [-0.15, -0.1) is 17.0 Å². The lowest BCUT2D eigenvalue weighted by atomic mass is 10.1. The van der Waals surface area contributed by atoms with Crippen LogP contribution in [0.15, 0.2) is 84.9 Å². The van der Waals surface area contributed by atoms with Crippen molar-refractivity contribution in [1.82, 2.24) is 10.6 Å². The van der Waals surface area contributed by atoms with E-state index in [4.69, 9.17) is 4.74 Å². The van der Waals surface area contributed by atoms with Crippen LogP contribution in [0.5, 0.6) is 5.75 Å². The molecule has 5 nitrogen and oxygen atoms in total. The summed E-state index contributed by atoms with van der Waals surface area (Å²) in [5.74, 6) is 0.868. The van der Waals surface area contributed by atoms with E-state index in [2.05, 4.69) is 47.1 Å². The number of hydrogen-bond acceptors (Lipinski definition) is 3. The second-order valence-electron chi connectivity index (χ2n) is 8.14. The van der Waals surface area contributed by atoms with E-state index in [1.807, 2.05) is 60.7 Å². The highest BCUT2D eigenvalue weighted by Crippen LogP contribution is 2.15. The van der Waals surface area contributed by atoms with Gasteiger partial charge in [-0.3, -0.25) is 5.32 Å². The molecule has 0 spiro atoms. The first-order valence-electron chi connectivity index (χ1n) is 11.8. The van der Waals surface area contributed by atoms with Crippen molar-refractivity contribution in [3.8, 4) is 5.75 Å². The van der Waals surface area contributed by atoms with Gasteiger partial charge in [0.2, 0.25) is 0 Å². The zero-order valence-electron chi connectivity index (χ0n) is 19.8. The third-order valence-electron chi connectivity index (χ3n) is 5.41. The van der Waals surface area contributed by atoms with Crippen molar-refractivity contribution >= 4 is 28.7 Å². The number of rotatable bonds is 13. The van der Waals surface area contributed by atoms with E-state index in [-0.39, 0.29) is 29.2 Å². The SMILES string of the molecule is Br.CCCCCC(NCCc1ccc(OCc2ccccc2)cc1)NC(=O)Nc1ccccc1. The minimum absolute atomic E-state index is 0. The molecule has 6 heteroatoms. The molecule has 0 aliphatic rings. The van der Waals surface area contributed by atoms with Gasteiger partial charge in [0.05, 0.1) is 6.17 Å². The summed E-state index contributed by atoms with van der Waals surface area (Å²) in [7, 11) is 0. The number of benzene rings is 3. The van der Waals surface area contributed by atoms with Crippen LogP contribution in [0.2, 0.25) is 0 Å². The van der Waals surface area contributed by atoms with Crippen molar-refractivity contribution in [2.45, 2.75) is 51.8 Å². The van der Waals surface area contributed by atoms with Crippen molar-refractivity contribution in [3.63, 3.8) is 0 Å². The summed E-state index contributed by atoms with van der Waals surface area (Å²) in [5.41, 5.74) is 3.18. The van der Waals surface area contributed by atoms with Crippen LogP contribution in [0.3, 0.4) is 0 Å². The Balaban J connectivity index is 0.00000408. The van der Waals surface area contributed by atoms with Gasteiger partial charge < -0.3 is 15.4 Å². The molecule has 34 heavy (non-hydrogen) atoms. The number of unbranched alkanes of at least 4 members (excludes halogenated alkanes) is 2. The van der Waals surface area contributed by atoms with Gasteiger partial charge in [-0.05, 0) is 48.2 Å². The molecule has 0 aromatic heterocycles. The van der Waals surface area contributed by atoms with Crippen molar-refractivity contribution in [2.24, 2.45) is 0 Å². The molecular weight excluding hydrogens is 490 g/mol. The van der Waals surface area contributed by atoms with Gasteiger partial charge >= 0.3 is 6.03 Å². The molecule has 0 aliphatic heterocycles. The third kappa shape index (κ3) is 10.4. The number of carbonyl (C=O) groups excluding carboxylic acids is 1. The van der Waals surface area contributed by atoms with Gasteiger partial charge in [-0.2, -0.15) is 0 Å². The van der Waals surface area contributed by atoms with E-state index in [0.29, 0.717) is 6.61 Å². The Morgan fingerprint density at radius 3 is 2.21 bits per heavy atom. The molecule has 0 saturated carbocycles. The van der Waals surface area contributed by atoms with Crippen molar-refractivity contribution in [1.29, 1.82) is 0 Å². The summed E-state index contributed by atoms with van der Waals surface area (Å²) in [5, 5.41) is 9.47. The monoisotopic (exact) mass is 525 g/mol. The number of urea groups is 1. The Morgan fingerprint density at radius 1 is 0.853 bits per heavy atom. The number of halogens is 1. The highest BCUT2D eigenvalue weighted by Gasteiger charge is 2.11. The molecule has 3 rings (SSSR count). The van der Waals surface area contributed by atoms with Crippen LogP contribution < -0.4 is 20.7 Å². The zero-order chi connectivity index (χ0) is 23.1. The van der Waals surface area contributed by atoms with E-state index in [1.54, 1.807) is 0 Å². The molecule has 0 radical (unpaired) electrons. The molecule has 2 amide bonds. The van der Waals surface area contributed by atoms with Crippen molar-refractivity contribution in [2.75, 3.05) is 11.9 Å². The van der Waals surface area contributed by atoms with Gasteiger partial charge in [0.25, 0.3) is 0 Å². The van der Waals surface area contributed by atoms with Gasteiger partial charge in [-0.25, -0.2) is 4.79 Å². The molecular formula is C28H36BrN3O2. The molecule has 0 aliphatic carbocycles. The van der Waals surface area contributed by atoms with Gasteiger partial charge in [-0.1, -0.05) is 86.8 Å². The molecule has 3 aromatic carbocycles. The normalized spacial score (nSPS) is 11.2. The number of carbonyl (C=O) groups is 1. The number of anilines is 1. The van der Waals surface area contributed by atoms with Crippen LogP contribution in [-0.2, 0) is 13.0 Å². The first-order chi connectivity index (χ1) is 16.2. The van der Waals surface area contributed by atoms with Crippen LogP contribution in [-0.4, -0.2) is 18.7 Å². The van der Waals surface area contributed by atoms with Crippen LogP contribution >= 0.6 is 17.0 Å². The average Bonchev–Trinajstić information content (AvgIpc) is 2.85. The number of para-hydroxylation sites is 1. The summed E-state index contributed by atoms with van der Waals surface area (Å²) < 4.78 is 5.87. The van der Waals surface area contributed by atoms with Crippen molar-refractivity contribution < 1.29 is 9.53 Å². The molecule has 182 valence electrons. The predicted molar refractivity (Wildman–Crippen MR) is 146 cm³/mol. The second kappa shape index (κ2) is 15.9. The fourth-order valence-electron chi connectivity index (χ4n) is 3.55. The molecule has 1 unspecified atom stereocenters. The smallest absolute Gasteiger partial charge is 0.320 e. The third-order valence-corrected chi connectivity index (χ3v) is 5.41. The zero-order valence-corrected chi connectivity index (χ0v) is 21.5. The fraction of sp³-hybridized carbons (Fsp3) is 0.321. The predicted octanol–water partition coefficient (Wildman–Crippen LogP) is 6.70. The lowest BCUT2D eigenvalue weighted by Crippen LogP contribution is -2.47. The van der Waals surface area contributed by atoms with Gasteiger partial charge in [0.15, 0.2) is 0 Å². The average molecular weight is 527 g/mol. The van der Waals surface area contributed by atoms with E-state index >= 15 is 0 Å². The number of hydrogen-bond donors (Lipinski definition) is 3. The molecule has 3 aromatic rings. The quantitative estimate of drug-likeness (QED) is 0.172. The Hall–Kier alpha value is -2.83. The van der Waals surface area contributed by atoms with E-state index in [0.717, 1.165) is 55.6 Å². The number of amides is 2. The molecule has 0 fully saturated rings. The van der Waals surface area contributed by atoms with E-state index < -0.39 is 0 Å². The topological polar surface area (TPSA) is 62.4 Å². The molecule has 0 saturated heterocycles. The van der Waals surface area contributed by atoms with E-state index in [9.17, 15) is 4.79 Å². The minimum Gasteiger partial charge on any atom is -0.489 e. The number of ether oxygens (including phenoxy) is 1. The fourth-order valence-corrected chi connectivity index (χ4v) is 3.55. The van der Waals surface area contributed by atoms with Crippen LogP contribution in [0.1, 0.15) is 43.7 Å². The second-order valence-corrected chi connectivity index (χ2v) is 8.14. The molecule has 1 atom stereocenters.